The van der Waals surface area contributed by atoms with Crippen molar-refractivity contribution in [3.8, 4) is 0 Å². The van der Waals surface area contributed by atoms with Gasteiger partial charge in [0.15, 0.2) is 0 Å². The van der Waals surface area contributed by atoms with Gasteiger partial charge in [-0.15, -0.1) is 0 Å². The van der Waals surface area contributed by atoms with Crippen LogP contribution in [0.25, 0.3) is 0 Å². The molecule has 0 bridgehead atoms. The SMILES string of the molecule is CCOC(=O)N1CCCC(N2CCC(n3cccn3)CC2)CC1. The summed E-state index contributed by atoms with van der Waals surface area (Å²) in [6, 6.07) is 3.15. The van der Waals surface area contributed by atoms with Gasteiger partial charge in [-0.3, -0.25) is 4.68 Å². The van der Waals surface area contributed by atoms with Crippen molar-refractivity contribution in [2.45, 2.75) is 51.1 Å². The molecule has 0 N–H and O–H groups in total. The number of nitrogens with zero attached hydrogens (tertiary/aromatic N) is 4. The summed E-state index contributed by atoms with van der Waals surface area (Å²) in [6.07, 6.45) is 9.44. The normalized spacial score (nSPS) is 24.4. The maximum Gasteiger partial charge on any atom is 0.409 e. The van der Waals surface area contributed by atoms with E-state index in [1.165, 1.54) is 19.3 Å². The molecule has 1 aromatic heterocycles. The van der Waals surface area contributed by atoms with Crippen LogP contribution in [-0.2, 0) is 4.74 Å². The van der Waals surface area contributed by atoms with Crippen molar-refractivity contribution >= 4 is 6.09 Å². The molecule has 23 heavy (non-hydrogen) atoms. The number of carbonyl (C=O) groups is 1. The van der Waals surface area contributed by atoms with Crippen LogP contribution in [0.2, 0.25) is 0 Å². The summed E-state index contributed by atoms with van der Waals surface area (Å²) in [5.41, 5.74) is 0. The number of carbonyl (C=O) groups excluding carboxylic acids is 1. The molecule has 6 nitrogen and oxygen atoms in total. The Hall–Kier alpha value is -1.56. The van der Waals surface area contributed by atoms with Gasteiger partial charge in [0, 0.05) is 44.6 Å². The molecule has 2 saturated heterocycles. The largest absolute Gasteiger partial charge is 0.450 e. The highest BCUT2D eigenvalue weighted by Crippen LogP contribution is 2.26. The number of aromatic nitrogens is 2. The van der Waals surface area contributed by atoms with Crippen LogP contribution >= 0.6 is 0 Å². The van der Waals surface area contributed by atoms with Crippen LogP contribution in [0.5, 0.6) is 0 Å². The highest BCUT2D eigenvalue weighted by atomic mass is 16.6. The monoisotopic (exact) mass is 320 g/mol. The first-order valence-corrected chi connectivity index (χ1v) is 8.93. The van der Waals surface area contributed by atoms with Crippen LogP contribution in [0.3, 0.4) is 0 Å². The first-order chi connectivity index (χ1) is 11.3. The first kappa shape index (κ1) is 16.3. The summed E-state index contributed by atoms with van der Waals surface area (Å²) < 4.78 is 7.24. The minimum atomic E-state index is -0.148. The lowest BCUT2D eigenvalue weighted by molar-refractivity contribution is 0.103. The smallest absolute Gasteiger partial charge is 0.409 e. The first-order valence-electron chi connectivity index (χ1n) is 8.93. The Balaban J connectivity index is 1.48. The molecule has 3 heterocycles. The second-order valence-corrected chi connectivity index (χ2v) is 6.52. The summed E-state index contributed by atoms with van der Waals surface area (Å²) in [6.45, 7) is 6.24. The average molecular weight is 320 g/mol. The molecule has 6 heteroatoms. The van der Waals surface area contributed by atoms with E-state index in [1.807, 2.05) is 24.1 Å². The number of piperidine rings is 1. The Morgan fingerprint density at radius 2 is 1.91 bits per heavy atom. The van der Waals surface area contributed by atoms with Crippen molar-refractivity contribution in [1.82, 2.24) is 19.6 Å². The molecule has 0 radical (unpaired) electrons. The molecule has 0 spiro atoms. The van der Waals surface area contributed by atoms with Gasteiger partial charge in [0.25, 0.3) is 0 Å². The van der Waals surface area contributed by atoms with E-state index in [0.29, 0.717) is 18.7 Å². The zero-order valence-corrected chi connectivity index (χ0v) is 14.1. The highest BCUT2D eigenvalue weighted by Gasteiger charge is 2.28. The van der Waals surface area contributed by atoms with Crippen LogP contribution in [0.1, 0.15) is 45.1 Å². The van der Waals surface area contributed by atoms with Gasteiger partial charge in [-0.25, -0.2) is 4.79 Å². The molecule has 0 aromatic carbocycles. The number of amides is 1. The summed E-state index contributed by atoms with van der Waals surface area (Å²) in [5, 5.41) is 4.38. The van der Waals surface area contributed by atoms with Crippen molar-refractivity contribution in [3.63, 3.8) is 0 Å². The number of likely N-dealkylation sites (tertiary alicyclic amines) is 2. The third-order valence-electron chi connectivity index (χ3n) is 5.14. The Morgan fingerprint density at radius 1 is 1.13 bits per heavy atom. The fourth-order valence-electron chi connectivity index (χ4n) is 3.85. The molecule has 1 aromatic rings. The van der Waals surface area contributed by atoms with Crippen molar-refractivity contribution in [2.75, 3.05) is 32.8 Å². The number of hydrogen-bond donors (Lipinski definition) is 0. The molecule has 2 aliphatic heterocycles. The van der Waals surface area contributed by atoms with Gasteiger partial charge in [0.1, 0.15) is 0 Å². The number of rotatable bonds is 3. The maximum absolute atomic E-state index is 11.9. The maximum atomic E-state index is 11.9. The van der Waals surface area contributed by atoms with E-state index in [9.17, 15) is 4.79 Å². The van der Waals surface area contributed by atoms with Crippen LogP contribution < -0.4 is 0 Å². The third kappa shape index (κ3) is 4.05. The van der Waals surface area contributed by atoms with E-state index < -0.39 is 0 Å². The lowest BCUT2D eigenvalue weighted by Crippen LogP contribution is -2.42. The van der Waals surface area contributed by atoms with Gasteiger partial charge in [-0.2, -0.15) is 5.10 Å². The lowest BCUT2D eigenvalue weighted by Gasteiger charge is -2.37. The van der Waals surface area contributed by atoms with Crippen LogP contribution in [0.4, 0.5) is 4.79 Å². The van der Waals surface area contributed by atoms with Gasteiger partial charge in [-0.05, 0) is 45.1 Å². The lowest BCUT2D eigenvalue weighted by atomic mass is 10.00. The van der Waals surface area contributed by atoms with Crippen molar-refractivity contribution in [1.29, 1.82) is 0 Å². The average Bonchev–Trinajstić information content (AvgIpc) is 3.00. The minimum absolute atomic E-state index is 0.148. The van der Waals surface area contributed by atoms with Crippen molar-refractivity contribution < 1.29 is 9.53 Å². The number of ether oxygens (including phenoxy) is 1. The summed E-state index contributed by atoms with van der Waals surface area (Å²) in [4.78, 5) is 16.4. The minimum Gasteiger partial charge on any atom is -0.450 e. The molecule has 0 aliphatic carbocycles. The zero-order valence-electron chi connectivity index (χ0n) is 14.1. The second kappa shape index (κ2) is 7.81. The zero-order chi connectivity index (χ0) is 16.1. The van der Waals surface area contributed by atoms with Gasteiger partial charge < -0.3 is 14.5 Å². The summed E-state index contributed by atoms with van der Waals surface area (Å²) in [7, 11) is 0. The van der Waals surface area contributed by atoms with Crippen LogP contribution in [0.15, 0.2) is 18.5 Å². The van der Waals surface area contributed by atoms with Crippen molar-refractivity contribution in [2.24, 2.45) is 0 Å². The summed E-state index contributed by atoms with van der Waals surface area (Å²) in [5.74, 6) is 0. The highest BCUT2D eigenvalue weighted by molar-refractivity contribution is 5.67. The molecular weight excluding hydrogens is 292 g/mol. The Bertz CT molecular complexity index is 483. The predicted molar refractivity (Wildman–Crippen MR) is 88.3 cm³/mol. The Morgan fingerprint density at radius 3 is 2.61 bits per heavy atom. The molecule has 3 rings (SSSR count). The van der Waals surface area contributed by atoms with Crippen LogP contribution in [-0.4, -0.2) is 64.5 Å². The molecule has 128 valence electrons. The topological polar surface area (TPSA) is 50.6 Å². The van der Waals surface area contributed by atoms with E-state index in [1.54, 1.807) is 0 Å². The molecule has 2 fully saturated rings. The van der Waals surface area contributed by atoms with Gasteiger partial charge in [0.2, 0.25) is 0 Å². The molecule has 0 saturated carbocycles. The number of hydrogen-bond acceptors (Lipinski definition) is 4. The van der Waals surface area contributed by atoms with E-state index in [2.05, 4.69) is 20.9 Å². The molecule has 1 amide bonds. The molecule has 1 unspecified atom stereocenters. The molecule has 1 atom stereocenters. The predicted octanol–water partition coefficient (Wildman–Crippen LogP) is 2.53. The van der Waals surface area contributed by atoms with E-state index in [0.717, 1.165) is 39.0 Å². The standard InChI is InChI=1S/C17H28N4O2/c1-2-23-17(22)20-10-3-5-15(6-14-20)19-12-7-16(8-13-19)21-11-4-9-18-21/h4,9,11,15-16H,2-3,5-8,10,12-14H2,1H3. The fourth-order valence-corrected chi connectivity index (χ4v) is 3.85. The van der Waals surface area contributed by atoms with Crippen LogP contribution in [0, 0.1) is 0 Å². The Labute approximate surface area is 138 Å². The molecular formula is C17H28N4O2. The summed E-state index contributed by atoms with van der Waals surface area (Å²) >= 11 is 0. The molecule has 2 aliphatic rings. The third-order valence-corrected chi connectivity index (χ3v) is 5.14. The van der Waals surface area contributed by atoms with Gasteiger partial charge in [0.05, 0.1) is 12.6 Å². The quantitative estimate of drug-likeness (QED) is 0.859. The fraction of sp³-hybridized carbons (Fsp3) is 0.765. The van der Waals surface area contributed by atoms with E-state index in [4.69, 9.17) is 4.74 Å². The van der Waals surface area contributed by atoms with Crippen molar-refractivity contribution in [3.05, 3.63) is 18.5 Å². The van der Waals surface area contributed by atoms with Gasteiger partial charge >= 0.3 is 6.09 Å². The van der Waals surface area contributed by atoms with E-state index in [-0.39, 0.29) is 6.09 Å². The second-order valence-electron chi connectivity index (χ2n) is 6.52. The van der Waals surface area contributed by atoms with Gasteiger partial charge in [-0.1, -0.05) is 0 Å². The van der Waals surface area contributed by atoms with E-state index >= 15 is 0 Å². The Kier molecular flexibility index (Phi) is 5.54.